The lowest BCUT2D eigenvalue weighted by Crippen LogP contribution is -2.35. The Hall–Kier alpha value is -3.36. The van der Waals surface area contributed by atoms with E-state index in [4.69, 9.17) is 10.5 Å². The highest BCUT2D eigenvalue weighted by Crippen LogP contribution is 2.36. The van der Waals surface area contributed by atoms with E-state index >= 15 is 0 Å². The molecule has 0 amide bonds. The van der Waals surface area contributed by atoms with Crippen molar-refractivity contribution in [1.29, 1.82) is 10.5 Å². The Morgan fingerprint density at radius 3 is 2.46 bits per heavy atom. The number of hydrogen-bond donors (Lipinski definition) is 1. The fraction of sp³-hybridized carbons (Fsp3) is 0.167. The summed E-state index contributed by atoms with van der Waals surface area (Å²) >= 11 is 0. The fourth-order valence-electron chi connectivity index (χ4n) is 2.91. The van der Waals surface area contributed by atoms with Gasteiger partial charge in [-0.25, -0.2) is 8.42 Å². The van der Waals surface area contributed by atoms with Crippen LogP contribution in [-0.2, 0) is 16.4 Å². The summed E-state index contributed by atoms with van der Waals surface area (Å²) in [6.07, 6.45) is 0.675. The molecule has 2 aromatic rings. The quantitative estimate of drug-likeness (QED) is 0.662. The number of benzene rings is 2. The number of para-hydroxylation sites is 1. The molecule has 1 atom stereocenters. The normalized spacial score (nSPS) is 15.5. The SMILES string of the molecule is CC1Cc2ccccc2N1S(=O)(=O)c1ccc(NN=C(C#N)C#N)cc1. The van der Waals surface area contributed by atoms with Gasteiger partial charge >= 0.3 is 0 Å². The van der Waals surface area contributed by atoms with Crippen LogP contribution in [0.2, 0.25) is 0 Å². The molecule has 130 valence electrons. The monoisotopic (exact) mass is 365 g/mol. The molecule has 1 heterocycles. The predicted octanol–water partition coefficient (Wildman–Crippen LogP) is 2.64. The van der Waals surface area contributed by atoms with E-state index < -0.39 is 10.0 Å². The molecule has 7 nitrogen and oxygen atoms in total. The van der Waals surface area contributed by atoms with Gasteiger partial charge in [0.05, 0.1) is 16.3 Å². The van der Waals surface area contributed by atoms with E-state index in [-0.39, 0.29) is 16.6 Å². The summed E-state index contributed by atoms with van der Waals surface area (Å²) in [5.41, 5.74) is 4.43. The van der Waals surface area contributed by atoms with Crippen LogP contribution in [0.3, 0.4) is 0 Å². The number of fused-ring (bicyclic) bond motifs is 1. The molecule has 3 rings (SSSR count). The first-order valence-electron chi connectivity index (χ1n) is 7.83. The smallest absolute Gasteiger partial charge is 0.264 e. The van der Waals surface area contributed by atoms with Crippen LogP contribution in [0.1, 0.15) is 12.5 Å². The van der Waals surface area contributed by atoms with Crippen molar-refractivity contribution < 1.29 is 8.42 Å². The van der Waals surface area contributed by atoms with E-state index in [0.29, 0.717) is 17.8 Å². The van der Waals surface area contributed by atoms with Crippen molar-refractivity contribution in [3.8, 4) is 12.1 Å². The van der Waals surface area contributed by atoms with E-state index in [1.165, 1.54) is 28.6 Å². The Balaban J connectivity index is 1.89. The van der Waals surface area contributed by atoms with E-state index in [2.05, 4.69) is 10.5 Å². The molecule has 0 fully saturated rings. The van der Waals surface area contributed by atoms with Gasteiger partial charge < -0.3 is 0 Å². The van der Waals surface area contributed by atoms with Crippen LogP contribution >= 0.6 is 0 Å². The predicted molar refractivity (Wildman–Crippen MR) is 98.0 cm³/mol. The third-order valence-electron chi connectivity index (χ3n) is 4.06. The number of anilines is 2. The lowest BCUT2D eigenvalue weighted by molar-refractivity contribution is 0.584. The highest BCUT2D eigenvalue weighted by Gasteiger charge is 2.35. The van der Waals surface area contributed by atoms with Gasteiger partial charge in [-0.05, 0) is 49.2 Å². The number of hydrazone groups is 1. The molecule has 0 saturated heterocycles. The van der Waals surface area contributed by atoms with E-state index in [9.17, 15) is 8.42 Å². The Morgan fingerprint density at radius 1 is 1.15 bits per heavy atom. The minimum atomic E-state index is -3.69. The Kier molecular flexibility index (Phi) is 4.61. The molecule has 26 heavy (non-hydrogen) atoms. The first-order chi connectivity index (χ1) is 12.5. The molecular formula is C18H15N5O2S. The van der Waals surface area contributed by atoms with Gasteiger partial charge in [0.1, 0.15) is 12.1 Å². The molecule has 1 aliphatic heterocycles. The van der Waals surface area contributed by atoms with Crippen molar-refractivity contribution in [1.82, 2.24) is 0 Å². The number of nitrogens with one attached hydrogen (secondary N) is 1. The molecule has 2 aromatic carbocycles. The highest BCUT2D eigenvalue weighted by molar-refractivity contribution is 7.92. The number of rotatable bonds is 4. The van der Waals surface area contributed by atoms with Gasteiger partial charge in [-0.15, -0.1) is 0 Å². The van der Waals surface area contributed by atoms with Crippen molar-refractivity contribution in [2.45, 2.75) is 24.3 Å². The molecule has 0 spiro atoms. The summed E-state index contributed by atoms with van der Waals surface area (Å²) in [6.45, 7) is 1.88. The van der Waals surface area contributed by atoms with Crippen LogP contribution in [0.15, 0.2) is 58.5 Å². The van der Waals surface area contributed by atoms with Crippen LogP contribution in [0.5, 0.6) is 0 Å². The van der Waals surface area contributed by atoms with Crippen LogP contribution in [-0.4, -0.2) is 20.2 Å². The second-order valence-electron chi connectivity index (χ2n) is 5.80. The van der Waals surface area contributed by atoms with E-state index in [1.807, 2.05) is 31.2 Å². The lowest BCUT2D eigenvalue weighted by atomic mass is 10.1. The van der Waals surface area contributed by atoms with Gasteiger partial charge in [-0.1, -0.05) is 18.2 Å². The first-order valence-corrected chi connectivity index (χ1v) is 9.27. The van der Waals surface area contributed by atoms with Crippen molar-refractivity contribution in [3.05, 3.63) is 54.1 Å². The van der Waals surface area contributed by atoms with Gasteiger partial charge in [-0.3, -0.25) is 9.73 Å². The zero-order valence-corrected chi connectivity index (χ0v) is 14.7. The Morgan fingerprint density at radius 2 is 1.81 bits per heavy atom. The van der Waals surface area contributed by atoms with Crippen LogP contribution < -0.4 is 9.73 Å². The number of sulfonamides is 1. The maximum atomic E-state index is 13.1. The average molecular weight is 365 g/mol. The lowest BCUT2D eigenvalue weighted by Gasteiger charge is -2.24. The number of hydrogen-bond acceptors (Lipinski definition) is 6. The molecule has 1 aliphatic rings. The van der Waals surface area contributed by atoms with Crippen molar-refractivity contribution in [2.75, 3.05) is 9.73 Å². The first kappa shape index (κ1) is 17.5. The third-order valence-corrected chi connectivity index (χ3v) is 6.01. The standard InChI is InChI=1S/C18H15N5O2S/c1-13-10-14-4-2-3-5-18(14)23(13)26(24,25)17-8-6-15(7-9-17)21-22-16(11-19)12-20/h2-9,13,21H,10H2,1H3. The van der Waals surface area contributed by atoms with Crippen molar-refractivity contribution in [2.24, 2.45) is 5.10 Å². The van der Waals surface area contributed by atoms with Crippen LogP contribution in [0.25, 0.3) is 0 Å². The summed E-state index contributed by atoms with van der Waals surface area (Å²) in [7, 11) is -3.69. The van der Waals surface area contributed by atoms with Crippen molar-refractivity contribution in [3.63, 3.8) is 0 Å². The van der Waals surface area contributed by atoms with E-state index in [0.717, 1.165) is 5.56 Å². The second kappa shape index (κ2) is 6.87. The minimum Gasteiger partial charge on any atom is -0.277 e. The summed E-state index contributed by atoms with van der Waals surface area (Å²) in [5.74, 6) is 0. The zero-order valence-electron chi connectivity index (χ0n) is 13.9. The highest BCUT2D eigenvalue weighted by atomic mass is 32.2. The maximum Gasteiger partial charge on any atom is 0.264 e. The topological polar surface area (TPSA) is 109 Å². The molecule has 0 aromatic heterocycles. The average Bonchev–Trinajstić information content (AvgIpc) is 2.99. The molecule has 0 bridgehead atoms. The molecule has 1 unspecified atom stereocenters. The van der Waals surface area contributed by atoms with Crippen LogP contribution in [0.4, 0.5) is 11.4 Å². The molecule has 8 heteroatoms. The van der Waals surface area contributed by atoms with Gasteiger partial charge in [0.25, 0.3) is 10.0 Å². The van der Waals surface area contributed by atoms with Gasteiger partial charge in [0.2, 0.25) is 5.71 Å². The Bertz CT molecular complexity index is 1030. The van der Waals surface area contributed by atoms with Gasteiger partial charge in [-0.2, -0.15) is 15.6 Å². The fourth-order valence-corrected chi connectivity index (χ4v) is 4.61. The summed E-state index contributed by atoms with van der Waals surface area (Å²) in [4.78, 5) is 0.163. The number of nitrogens with zero attached hydrogens (tertiary/aromatic N) is 4. The Labute approximate surface area is 151 Å². The van der Waals surface area contributed by atoms with Gasteiger partial charge in [0, 0.05) is 6.04 Å². The van der Waals surface area contributed by atoms with E-state index in [1.54, 1.807) is 12.1 Å². The largest absolute Gasteiger partial charge is 0.277 e. The second-order valence-corrected chi connectivity index (χ2v) is 7.62. The summed E-state index contributed by atoms with van der Waals surface area (Å²) in [5, 5.41) is 20.9. The summed E-state index contributed by atoms with van der Waals surface area (Å²) in [6, 6.07) is 16.6. The molecule has 0 radical (unpaired) electrons. The van der Waals surface area contributed by atoms with Crippen LogP contribution in [0, 0.1) is 22.7 Å². The summed E-state index contributed by atoms with van der Waals surface area (Å²) < 4.78 is 27.6. The third kappa shape index (κ3) is 3.10. The van der Waals surface area contributed by atoms with Gasteiger partial charge in [0.15, 0.2) is 0 Å². The van der Waals surface area contributed by atoms with Crippen molar-refractivity contribution >= 4 is 27.1 Å². The molecular weight excluding hydrogens is 350 g/mol. The molecule has 0 aliphatic carbocycles. The molecule has 1 N–H and O–H groups in total. The molecule has 0 saturated carbocycles. The maximum absolute atomic E-state index is 13.1. The number of nitriles is 2. The minimum absolute atomic E-state index is 0.159. The zero-order chi connectivity index (χ0) is 18.7.